The molecule has 2 fully saturated rings. The lowest BCUT2D eigenvalue weighted by Gasteiger charge is -2.22. The number of amides is 2. The van der Waals surface area contributed by atoms with Crippen molar-refractivity contribution in [2.45, 2.75) is 38.6 Å². The predicted octanol–water partition coefficient (Wildman–Crippen LogP) is 1.43. The minimum atomic E-state index is -0.656. The molecule has 0 unspecified atom stereocenters. The summed E-state index contributed by atoms with van der Waals surface area (Å²) in [6, 6.07) is 2.45. The molecule has 3 rings (SSSR count). The summed E-state index contributed by atoms with van der Waals surface area (Å²) in [5.74, 6) is 0.473. The van der Waals surface area contributed by atoms with Crippen LogP contribution in [-0.4, -0.2) is 34.8 Å². The first-order valence-corrected chi connectivity index (χ1v) is 7.03. The summed E-state index contributed by atoms with van der Waals surface area (Å²) in [6.07, 6.45) is 2.31. The molecule has 2 heterocycles. The summed E-state index contributed by atoms with van der Waals surface area (Å²) in [7, 11) is 0. The molecule has 1 aliphatic heterocycles. The van der Waals surface area contributed by atoms with Crippen LogP contribution in [0.25, 0.3) is 0 Å². The first-order valence-electron chi connectivity index (χ1n) is 7.03. The smallest absolute Gasteiger partial charge is 0.329 e. The Morgan fingerprint density at radius 2 is 2.10 bits per heavy atom. The highest BCUT2D eigenvalue weighted by atomic mass is 16.5. The average Bonchev–Trinajstić information content (AvgIpc) is 3.24. The highest BCUT2D eigenvalue weighted by molar-refractivity contribution is 5.92. The third kappa shape index (κ3) is 2.96. The van der Waals surface area contributed by atoms with E-state index in [1.165, 1.54) is 0 Å². The van der Waals surface area contributed by atoms with Crippen LogP contribution in [0.1, 0.15) is 38.3 Å². The van der Waals surface area contributed by atoms with Gasteiger partial charge in [0.15, 0.2) is 5.82 Å². The van der Waals surface area contributed by atoms with Crippen LogP contribution in [-0.2, 0) is 9.53 Å². The second-order valence-electron chi connectivity index (χ2n) is 6.25. The number of rotatable bonds is 3. The van der Waals surface area contributed by atoms with Gasteiger partial charge in [-0.1, -0.05) is 13.8 Å². The zero-order valence-corrected chi connectivity index (χ0v) is 12.0. The number of anilines is 1. The van der Waals surface area contributed by atoms with E-state index >= 15 is 0 Å². The fourth-order valence-electron chi connectivity index (χ4n) is 2.29. The maximum absolute atomic E-state index is 11.9. The van der Waals surface area contributed by atoms with Crippen LogP contribution in [0.3, 0.4) is 0 Å². The van der Waals surface area contributed by atoms with Crippen molar-refractivity contribution in [1.29, 1.82) is 0 Å². The van der Waals surface area contributed by atoms with E-state index in [0.29, 0.717) is 18.3 Å². The Kier molecular flexibility index (Phi) is 3.27. The average molecular weight is 290 g/mol. The van der Waals surface area contributed by atoms with E-state index < -0.39 is 23.5 Å². The van der Waals surface area contributed by atoms with Crippen LogP contribution in [0.15, 0.2) is 12.1 Å². The standard InChI is InChI=1S/C14H18N4O3/c1-14(2)7-21-12(19)11(14)16-13(20)15-10-6-5-9(17-18-10)8-3-4-8/h5-6,8,11H,3-4,7H2,1-2H3,(H2,15,16,18,20)/t11-/m1/s1. The Hall–Kier alpha value is -2.18. The van der Waals surface area contributed by atoms with Crippen molar-refractivity contribution in [1.82, 2.24) is 15.5 Å². The number of carbonyl (C=O) groups excluding carboxylic acids is 2. The van der Waals surface area contributed by atoms with Gasteiger partial charge in [-0.25, -0.2) is 9.59 Å². The van der Waals surface area contributed by atoms with Crippen LogP contribution in [0.5, 0.6) is 0 Å². The summed E-state index contributed by atoms with van der Waals surface area (Å²) >= 11 is 0. The number of nitrogens with one attached hydrogen (secondary N) is 2. The van der Waals surface area contributed by atoms with Crippen molar-refractivity contribution in [2.75, 3.05) is 11.9 Å². The maximum Gasteiger partial charge on any atom is 0.329 e. The lowest BCUT2D eigenvalue weighted by atomic mass is 9.88. The third-order valence-electron chi connectivity index (χ3n) is 3.80. The Bertz CT molecular complexity index is 566. The number of esters is 1. The monoisotopic (exact) mass is 290 g/mol. The van der Waals surface area contributed by atoms with E-state index in [1.54, 1.807) is 6.07 Å². The molecule has 2 N–H and O–H groups in total. The fourth-order valence-corrected chi connectivity index (χ4v) is 2.29. The molecule has 1 atom stereocenters. The predicted molar refractivity (Wildman–Crippen MR) is 74.7 cm³/mol. The molecule has 0 radical (unpaired) electrons. The van der Waals surface area contributed by atoms with Gasteiger partial charge in [0.05, 0.1) is 12.3 Å². The van der Waals surface area contributed by atoms with E-state index in [2.05, 4.69) is 20.8 Å². The molecule has 1 saturated carbocycles. The topological polar surface area (TPSA) is 93.2 Å². The molecule has 0 bridgehead atoms. The van der Waals surface area contributed by atoms with Gasteiger partial charge in [0.2, 0.25) is 0 Å². The Morgan fingerprint density at radius 3 is 2.62 bits per heavy atom. The van der Waals surface area contributed by atoms with Gasteiger partial charge in [0.25, 0.3) is 0 Å². The Morgan fingerprint density at radius 1 is 1.33 bits per heavy atom. The molecule has 7 heteroatoms. The molecule has 0 aromatic carbocycles. The van der Waals surface area contributed by atoms with Gasteiger partial charge in [-0.15, -0.1) is 5.10 Å². The van der Waals surface area contributed by atoms with Crippen LogP contribution in [0.4, 0.5) is 10.6 Å². The fraction of sp³-hybridized carbons (Fsp3) is 0.571. The highest BCUT2D eigenvalue weighted by Gasteiger charge is 2.44. The van der Waals surface area contributed by atoms with Gasteiger partial charge in [0, 0.05) is 11.3 Å². The summed E-state index contributed by atoms with van der Waals surface area (Å²) in [5, 5.41) is 13.3. The molecule has 2 aliphatic rings. The molecule has 1 aromatic rings. The van der Waals surface area contributed by atoms with Crippen LogP contribution >= 0.6 is 0 Å². The van der Waals surface area contributed by atoms with E-state index in [9.17, 15) is 9.59 Å². The minimum absolute atomic E-state index is 0.298. The first kappa shape index (κ1) is 13.8. The second-order valence-corrected chi connectivity index (χ2v) is 6.25. The summed E-state index contributed by atoms with van der Waals surface area (Å²) in [5.41, 5.74) is 0.539. The largest absolute Gasteiger partial charge is 0.463 e. The van der Waals surface area contributed by atoms with Crippen LogP contribution in [0.2, 0.25) is 0 Å². The third-order valence-corrected chi connectivity index (χ3v) is 3.80. The molecule has 112 valence electrons. The zero-order valence-electron chi connectivity index (χ0n) is 12.0. The number of urea groups is 1. The van der Waals surface area contributed by atoms with Crippen molar-refractivity contribution in [3.05, 3.63) is 17.8 Å². The Balaban J connectivity index is 1.59. The number of hydrogen-bond donors (Lipinski definition) is 2. The molecule has 2 amide bonds. The molecule has 7 nitrogen and oxygen atoms in total. The molecule has 1 saturated heterocycles. The maximum atomic E-state index is 11.9. The SMILES string of the molecule is CC1(C)COC(=O)[C@H]1NC(=O)Nc1ccc(C2CC2)nn1. The molecule has 21 heavy (non-hydrogen) atoms. The molecular formula is C14H18N4O3. The zero-order chi connectivity index (χ0) is 15.0. The van der Waals surface area contributed by atoms with Gasteiger partial charge < -0.3 is 10.1 Å². The number of ether oxygens (including phenoxy) is 1. The van der Waals surface area contributed by atoms with Crippen molar-refractivity contribution < 1.29 is 14.3 Å². The second kappa shape index (κ2) is 4.98. The van der Waals surface area contributed by atoms with Gasteiger partial charge in [-0.2, -0.15) is 5.10 Å². The lowest BCUT2D eigenvalue weighted by Crippen LogP contribution is -2.48. The van der Waals surface area contributed by atoms with Crippen molar-refractivity contribution >= 4 is 17.8 Å². The number of cyclic esters (lactones) is 1. The quantitative estimate of drug-likeness (QED) is 0.821. The van der Waals surface area contributed by atoms with Crippen molar-refractivity contribution in [3.63, 3.8) is 0 Å². The number of hydrogen-bond acceptors (Lipinski definition) is 5. The number of carbonyl (C=O) groups is 2. The van der Waals surface area contributed by atoms with Crippen LogP contribution < -0.4 is 10.6 Å². The lowest BCUT2D eigenvalue weighted by molar-refractivity contribution is -0.139. The van der Waals surface area contributed by atoms with E-state index in [1.807, 2.05) is 19.9 Å². The molecule has 0 spiro atoms. The van der Waals surface area contributed by atoms with Gasteiger partial charge in [-0.3, -0.25) is 5.32 Å². The first-order chi connectivity index (χ1) is 9.95. The minimum Gasteiger partial charge on any atom is -0.463 e. The summed E-state index contributed by atoms with van der Waals surface area (Å²) < 4.78 is 4.97. The number of nitrogens with zero attached hydrogens (tertiary/aromatic N) is 2. The van der Waals surface area contributed by atoms with Crippen molar-refractivity contribution in [3.8, 4) is 0 Å². The van der Waals surface area contributed by atoms with Gasteiger partial charge in [-0.05, 0) is 25.0 Å². The summed E-state index contributed by atoms with van der Waals surface area (Å²) in [4.78, 5) is 23.5. The van der Waals surface area contributed by atoms with E-state index in [0.717, 1.165) is 18.5 Å². The van der Waals surface area contributed by atoms with Crippen molar-refractivity contribution in [2.24, 2.45) is 5.41 Å². The molecule has 1 aromatic heterocycles. The normalized spacial score (nSPS) is 23.5. The Labute approximate surface area is 122 Å². The van der Waals surface area contributed by atoms with E-state index in [-0.39, 0.29) is 0 Å². The molecule has 1 aliphatic carbocycles. The highest BCUT2D eigenvalue weighted by Crippen LogP contribution is 2.38. The van der Waals surface area contributed by atoms with Gasteiger partial charge in [0.1, 0.15) is 6.04 Å². The number of aromatic nitrogens is 2. The summed E-state index contributed by atoms with van der Waals surface area (Å²) in [6.45, 7) is 4.03. The molecular weight excluding hydrogens is 272 g/mol. The van der Waals surface area contributed by atoms with Gasteiger partial charge >= 0.3 is 12.0 Å². The van der Waals surface area contributed by atoms with E-state index in [4.69, 9.17) is 4.74 Å². The van der Waals surface area contributed by atoms with Crippen LogP contribution in [0, 0.1) is 5.41 Å².